The maximum absolute atomic E-state index is 6.30. The van der Waals surface area contributed by atoms with Crippen LogP contribution in [0.15, 0.2) is 10.4 Å². The van der Waals surface area contributed by atoms with Gasteiger partial charge in [0, 0.05) is 0 Å². The van der Waals surface area contributed by atoms with Crippen molar-refractivity contribution in [1.29, 1.82) is 11.1 Å². The molecule has 0 aromatic rings. The van der Waals surface area contributed by atoms with Crippen molar-refractivity contribution >= 4 is 0 Å². The van der Waals surface area contributed by atoms with Crippen molar-refractivity contribution < 1.29 is 0 Å². The standard InChI is InChI=1S/C2H7N5/c1-2-7(5-3)6-4/h3-4H,2H2,1H3. The molecule has 0 fully saturated rings. The van der Waals surface area contributed by atoms with Crippen LogP contribution in [0.2, 0.25) is 0 Å². The number of nitrogens with one attached hydrogen (secondary N) is 2. The van der Waals surface area contributed by atoms with Crippen LogP contribution in [0.25, 0.3) is 0 Å². The van der Waals surface area contributed by atoms with Gasteiger partial charge in [0.15, 0.2) is 0 Å². The lowest BCUT2D eigenvalue weighted by Crippen LogP contribution is -2.04. The summed E-state index contributed by atoms with van der Waals surface area (Å²) in [6.45, 7) is 2.24. The van der Waals surface area contributed by atoms with E-state index in [9.17, 15) is 0 Å². The Labute approximate surface area is 41.3 Å². The summed E-state index contributed by atoms with van der Waals surface area (Å²) in [6.07, 6.45) is 0. The van der Waals surface area contributed by atoms with Gasteiger partial charge in [-0.05, 0) is 6.92 Å². The Morgan fingerprint density at radius 2 is 1.86 bits per heavy atom. The summed E-state index contributed by atoms with van der Waals surface area (Å²) in [4.78, 5) is 0. The first-order valence-corrected chi connectivity index (χ1v) is 1.87. The maximum atomic E-state index is 6.30. The molecule has 0 aromatic carbocycles. The Morgan fingerprint density at radius 3 is 1.86 bits per heavy atom. The second-order valence-corrected chi connectivity index (χ2v) is 0.889. The summed E-state index contributed by atoms with van der Waals surface area (Å²) in [5, 5.41) is 6.67. The predicted molar refractivity (Wildman–Crippen MR) is 22.7 cm³/mol. The summed E-state index contributed by atoms with van der Waals surface area (Å²) in [7, 11) is 0. The van der Waals surface area contributed by atoms with Crippen LogP contribution in [0.3, 0.4) is 0 Å². The zero-order chi connectivity index (χ0) is 5.70. The highest BCUT2D eigenvalue weighted by atomic mass is 15.7. The van der Waals surface area contributed by atoms with Crippen LogP contribution in [0.5, 0.6) is 0 Å². The molecule has 2 N–H and O–H groups in total. The van der Waals surface area contributed by atoms with E-state index in [1.165, 1.54) is 0 Å². The minimum Gasteiger partial charge on any atom is -0.185 e. The van der Waals surface area contributed by atoms with Gasteiger partial charge in [-0.25, -0.2) is 0 Å². The van der Waals surface area contributed by atoms with E-state index in [1.54, 1.807) is 6.92 Å². The number of hydrogen-bond acceptors (Lipinski definition) is 4. The summed E-state index contributed by atoms with van der Waals surface area (Å²) >= 11 is 0. The zero-order valence-corrected chi connectivity index (χ0v) is 4.05. The molecule has 0 aliphatic rings. The molecule has 0 aliphatic heterocycles. The molecule has 5 heteroatoms. The fourth-order valence-corrected chi connectivity index (χ4v) is 0.164. The molecule has 0 atom stereocenters. The predicted octanol–water partition coefficient (Wildman–Crippen LogP) is 1.20. The van der Waals surface area contributed by atoms with Gasteiger partial charge in [-0.3, -0.25) is 0 Å². The van der Waals surface area contributed by atoms with Crippen molar-refractivity contribution in [3.8, 4) is 0 Å². The summed E-state index contributed by atoms with van der Waals surface area (Å²) in [5.74, 6) is 0. The second-order valence-electron chi connectivity index (χ2n) is 0.889. The van der Waals surface area contributed by atoms with Crippen LogP contribution < -0.4 is 0 Å². The third-order valence-corrected chi connectivity index (χ3v) is 0.514. The highest BCUT2D eigenvalue weighted by molar-refractivity contribution is 4.22. The van der Waals surface area contributed by atoms with E-state index >= 15 is 0 Å². The van der Waals surface area contributed by atoms with Crippen molar-refractivity contribution in [2.45, 2.75) is 6.92 Å². The fraction of sp³-hybridized carbons (Fsp3) is 1.00. The molecule has 0 aliphatic carbocycles. The monoisotopic (exact) mass is 101 g/mol. The molecule has 7 heavy (non-hydrogen) atoms. The topological polar surface area (TPSA) is 75.7 Å². The minimum absolute atomic E-state index is 0.479. The molecular weight excluding hydrogens is 94.1 g/mol. The number of nitrogens with zero attached hydrogens (tertiary/aromatic N) is 3. The van der Waals surface area contributed by atoms with E-state index in [2.05, 4.69) is 10.4 Å². The molecule has 0 rings (SSSR count). The number of hydrogen-bond donors (Lipinski definition) is 2. The molecule has 0 heterocycles. The first kappa shape index (κ1) is 6.00. The van der Waals surface area contributed by atoms with Crippen LogP contribution in [0.1, 0.15) is 6.92 Å². The fourth-order valence-electron chi connectivity index (χ4n) is 0.164. The molecule has 5 nitrogen and oxygen atoms in total. The Balaban J connectivity index is 3.36. The third-order valence-electron chi connectivity index (χ3n) is 0.514. The molecule has 0 aromatic heterocycles. The van der Waals surface area contributed by atoms with E-state index in [4.69, 9.17) is 11.1 Å². The molecular formula is C2H7N5. The average molecular weight is 101 g/mol. The summed E-state index contributed by atoms with van der Waals surface area (Å²) in [5.41, 5.74) is 12.6. The largest absolute Gasteiger partial charge is 0.185 e. The van der Waals surface area contributed by atoms with Crippen molar-refractivity contribution in [3.05, 3.63) is 0 Å². The van der Waals surface area contributed by atoms with Crippen molar-refractivity contribution in [3.63, 3.8) is 0 Å². The molecule has 0 amide bonds. The van der Waals surface area contributed by atoms with E-state index < -0.39 is 0 Å². The van der Waals surface area contributed by atoms with Crippen molar-refractivity contribution in [2.75, 3.05) is 6.54 Å². The van der Waals surface area contributed by atoms with Crippen molar-refractivity contribution in [1.82, 2.24) is 5.12 Å². The van der Waals surface area contributed by atoms with E-state index in [-0.39, 0.29) is 0 Å². The first-order chi connectivity index (χ1) is 3.35. The van der Waals surface area contributed by atoms with Gasteiger partial charge in [-0.1, -0.05) is 10.4 Å². The lowest BCUT2D eigenvalue weighted by molar-refractivity contribution is 0.261. The molecule has 0 unspecified atom stereocenters. The maximum Gasteiger partial charge on any atom is 0.0613 e. The molecule has 0 saturated carbocycles. The molecule has 0 radical (unpaired) electrons. The second kappa shape index (κ2) is 3.20. The normalized spacial score (nSPS) is 7.57. The van der Waals surface area contributed by atoms with Gasteiger partial charge >= 0.3 is 0 Å². The van der Waals surface area contributed by atoms with Gasteiger partial charge < -0.3 is 0 Å². The van der Waals surface area contributed by atoms with Crippen LogP contribution in [-0.4, -0.2) is 11.7 Å². The lowest BCUT2D eigenvalue weighted by Gasteiger charge is -2.00. The Morgan fingerprint density at radius 1 is 1.43 bits per heavy atom. The molecule has 0 saturated heterocycles. The Hall–Kier alpha value is -1.00. The van der Waals surface area contributed by atoms with E-state index in [0.717, 1.165) is 5.12 Å². The van der Waals surface area contributed by atoms with Crippen LogP contribution in [0, 0.1) is 11.1 Å². The van der Waals surface area contributed by atoms with E-state index in [0.29, 0.717) is 6.54 Å². The average Bonchev–Trinajstić information content (AvgIpc) is 1.72. The lowest BCUT2D eigenvalue weighted by atomic mass is 10.8. The Kier molecular flexibility index (Phi) is 2.74. The minimum atomic E-state index is 0.479. The summed E-state index contributed by atoms with van der Waals surface area (Å²) in [6, 6.07) is 0. The third kappa shape index (κ3) is 1.80. The van der Waals surface area contributed by atoms with E-state index in [1.807, 2.05) is 0 Å². The van der Waals surface area contributed by atoms with Gasteiger partial charge in [0.2, 0.25) is 0 Å². The van der Waals surface area contributed by atoms with Gasteiger partial charge in [0.1, 0.15) is 0 Å². The highest BCUT2D eigenvalue weighted by Crippen LogP contribution is 1.84. The van der Waals surface area contributed by atoms with Gasteiger partial charge in [0.05, 0.1) is 6.54 Å². The number of rotatable bonds is 3. The molecule has 0 bridgehead atoms. The van der Waals surface area contributed by atoms with Crippen LogP contribution in [-0.2, 0) is 0 Å². The molecule has 0 spiro atoms. The quantitative estimate of drug-likeness (QED) is 0.406. The van der Waals surface area contributed by atoms with Crippen LogP contribution >= 0.6 is 0 Å². The smallest absolute Gasteiger partial charge is 0.0613 e. The van der Waals surface area contributed by atoms with Crippen LogP contribution in [0.4, 0.5) is 0 Å². The Bertz CT molecular complexity index is 60.5. The van der Waals surface area contributed by atoms with Gasteiger partial charge in [-0.15, -0.1) is 5.12 Å². The SMILES string of the molecule is CCN(N=N)N=N. The molecule has 40 valence electrons. The zero-order valence-electron chi connectivity index (χ0n) is 4.05. The highest BCUT2D eigenvalue weighted by Gasteiger charge is 1.85. The summed E-state index contributed by atoms with van der Waals surface area (Å²) < 4.78 is 0. The van der Waals surface area contributed by atoms with Crippen molar-refractivity contribution in [2.24, 2.45) is 10.4 Å². The van der Waals surface area contributed by atoms with Gasteiger partial charge in [-0.2, -0.15) is 11.1 Å². The van der Waals surface area contributed by atoms with Gasteiger partial charge in [0.25, 0.3) is 0 Å². The first-order valence-electron chi connectivity index (χ1n) is 1.87.